The number of rotatable bonds is 2. The Hall–Kier alpha value is -2.18. The molecule has 16 heavy (non-hydrogen) atoms. The normalized spacial score (nSPS) is 9.25. The number of aromatic nitrogens is 2. The minimum Gasteiger partial charge on any atom is -0.412 e. The Balaban J connectivity index is 0.00000112. The highest BCUT2D eigenvalue weighted by molar-refractivity contribution is 5.36. The van der Waals surface area contributed by atoms with E-state index in [9.17, 15) is 0 Å². The smallest absolute Gasteiger partial charge is 0.0887 e. The van der Waals surface area contributed by atoms with Crippen LogP contribution in [-0.2, 0) is 0 Å². The fraction of sp³-hybridized carbons (Fsp3) is 0. The van der Waals surface area contributed by atoms with Crippen molar-refractivity contribution in [2.45, 2.75) is 0 Å². The van der Waals surface area contributed by atoms with Crippen LogP contribution in [-0.4, -0.2) is 20.9 Å². The molecule has 2 heterocycles. The van der Waals surface area contributed by atoms with E-state index in [1.165, 1.54) is 0 Å². The van der Waals surface area contributed by atoms with Gasteiger partial charge in [-0.1, -0.05) is 0 Å². The van der Waals surface area contributed by atoms with E-state index in [2.05, 4.69) is 20.2 Å². The summed E-state index contributed by atoms with van der Waals surface area (Å²) >= 11 is 0. The zero-order valence-corrected chi connectivity index (χ0v) is 8.41. The number of azo groups is 1. The predicted octanol–water partition coefficient (Wildman–Crippen LogP) is 1.24. The van der Waals surface area contributed by atoms with E-state index in [4.69, 9.17) is 0 Å². The van der Waals surface area contributed by atoms with Crippen LogP contribution < -0.4 is 0 Å². The SMILES string of the molecule is O.O.c1cc(N=Nc2ccncc2)ccn1. The molecule has 0 aliphatic carbocycles. The molecule has 0 aliphatic rings. The van der Waals surface area contributed by atoms with E-state index < -0.39 is 0 Å². The molecule has 0 unspecified atom stereocenters. The first-order chi connectivity index (χ1) is 6.95. The van der Waals surface area contributed by atoms with Gasteiger partial charge in [-0.2, -0.15) is 10.2 Å². The van der Waals surface area contributed by atoms with Crippen LogP contribution in [0.5, 0.6) is 0 Å². The highest BCUT2D eigenvalue weighted by atomic mass is 16.0. The molecular weight excluding hydrogens is 208 g/mol. The minimum absolute atomic E-state index is 0. The Morgan fingerprint density at radius 1 is 0.625 bits per heavy atom. The molecule has 0 bridgehead atoms. The fourth-order valence-corrected chi connectivity index (χ4v) is 0.937. The summed E-state index contributed by atoms with van der Waals surface area (Å²) in [7, 11) is 0. The molecule has 0 radical (unpaired) electrons. The number of pyridine rings is 2. The molecule has 0 amide bonds. The van der Waals surface area contributed by atoms with Crippen molar-refractivity contribution in [1.29, 1.82) is 0 Å². The third-order valence-corrected chi connectivity index (χ3v) is 1.61. The molecule has 0 aliphatic heterocycles. The first-order valence-corrected chi connectivity index (χ1v) is 4.17. The topological polar surface area (TPSA) is 114 Å². The van der Waals surface area contributed by atoms with Crippen molar-refractivity contribution >= 4 is 11.4 Å². The summed E-state index contributed by atoms with van der Waals surface area (Å²) in [5.41, 5.74) is 1.58. The third-order valence-electron chi connectivity index (χ3n) is 1.61. The lowest BCUT2D eigenvalue weighted by atomic mass is 10.4. The van der Waals surface area contributed by atoms with Gasteiger partial charge in [-0.05, 0) is 24.3 Å². The molecule has 0 atom stereocenters. The molecule has 0 fully saturated rings. The van der Waals surface area contributed by atoms with Crippen LogP contribution in [0.3, 0.4) is 0 Å². The van der Waals surface area contributed by atoms with Crippen molar-refractivity contribution in [3.05, 3.63) is 49.1 Å². The lowest BCUT2D eigenvalue weighted by Gasteiger charge is -1.90. The molecule has 84 valence electrons. The van der Waals surface area contributed by atoms with Gasteiger partial charge in [0, 0.05) is 24.8 Å². The van der Waals surface area contributed by atoms with Gasteiger partial charge in [0.15, 0.2) is 0 Å². The van der Waals surface area contributed by atoms with Crippen molar-refractivity contribution < 1.29 is 11.0 Å². The molecule has 6 heteroatoms. The highest BCUT2D eigenvalue weighted by Crippen LogP contribution is 2.15. The summed E-state index contributed by atoms with van der Waals surface area (Å²) in [6, 6.07) is 7.19. The molecule has 2 aromatic rings. The molecule has 2 rings (SSSR count). The van der Waals surface area contributed by atoms with E-state index in [1.807, 2.05) is 0 Å². The standard InChI is InChI=1S/C10H8N4.2H2O/c1-5-11-6-2-9(1)13-14-10-3-7-12-8-4-10;;/h1-8H;2*1H2. The summed E-state index contributed by atoms with van der Waals surface area (Å²) in [4.78, 5) is 7.78. The molecule has 0 spiro atoms. The fourth-order valence-electron chi connectivity index (χ4n) is 0.937. The van der Waals surface area contributed by atoms with E-state index in [0.29, 0.717) is 0 Å². The van der Waals surface area contributed by atoms with Crippen LogP contribution >= 0.6 is 0 Å². The molecule has 4 N–H and O–H groups in total. The Labute approximate surface area is 92.3 Å². The summed E-state index contributed by atoms with van der Waals surface area (Å²) in [6.07, 6.45) is 6.73. The Morgan fingerprint density at radius 2 is 0.938 bits per heavy atom. The van der Waals surface area contributed by atoms with Crippen LogP contribution in [0.4, 0.5) is 11.4 Å². The first-order valence-electron chi connectivity index (χ1n) is 4.17. The second-order valence-electron chi connectivity index (χ2n) is 2.61. The maximum Gasteiger partial charge on any atom is 0.0887 e. The quantitative estimate of drug-likeness (QED) is 0.708. The number of hydrogen-bond donors (Lipinski definition) is 0. The van der Waals surface area contributed by atoms with Crippen molar-refractivity contribution in [2.24, 2.45) is 10.2 Å². The van der Waals surface area contributed by atoms with E-state index in [0.717, 1.165) is 11.4 Å². The maximum absolute atomic E-state index is 4.03. The van der Waals surface area contributed by atoms with Crippen molar-refractivity contribution in [3.8, 4) is 0 Å². The van der Waals surface area contributed by atoms with Crippen molar-refractivity contribution in [1.82, 2.24) is 9.97 Å². The summed E-state index contributed by atoms with van der Waals surface area (Å²) < 4.78 is 0. The molecule has 6 nitrogen and oxygen atoms in total. The van der Waals surface area contributed by atoms with Gasteiger partial charge in [-0.25, -0.2) is 0 Å². The van der Waals surface area contributed by atoms with Gasteiger partial charge in [0.2, 0.25) is 0 Å². The Bertz CT molecular complexity index is 378. The average molecular weight is 220 g/mol. The van der Waals surface area contributed by atoms with Gasteiger partial charge in [-0.15, -0.1) is 0 Å². The van der Waals surface area contributed by atoms with Crippen molar-refractivity contribution in [3.63, 3.8) is 0 Å². The summed E-state index contributed by atoms with van der Waals surface area (Å²) in [5, 5.41) is 8.07. The average Bonchev–Trinajstić information content (AvgIpc) is 2.29. The molecular formula is C10H12N4O2. The van der Waals surface area contributed by atoms with Gasteiger partial charge in [0.25, 0.3) is 0 Å². The predicted molar refractivity (Wildman–Crippen MR) is 59.9 cm³/mol. The monoisotopic (exact) mass is 220 g/mol. The number of nitrogens with zero attached hydrogens (tertiary/aromatic N) is 4. The van der Waals surface area contributed by atoms with Crippen LogP contribution in [0.1, 0.15) is 0 Å². The molecule has 0 saturated carbocycles. The van der Waals surface area contributed by atoms with Gasteiger partial charge >= 0.3 is 0 Å². The van der Waals surface area contributed by atoms with Crippen LogP contribution in [0.15, 0.2) is 59.3 Å². The van der Waals surface area contributed by atoms with E-state index >= 15 is 0 Å². The second-order valence-corrected chi connectivity index (χ2v) is 2.61. The molecule has 0 saturated heterocycles. The summed E-state index contributed by atoms with van der Waals surface area (Å²) in [6.45, 7) is 0. The maximum atomic E-state index is 4.03. The van der Waals surface area contributed by atoms with Gasteiger partial charge in [0.05, 0.1) is 11.4 Å². The largest absolute Gasteiger partial charge is 0.412 e. The first kappa shape index (κ1) is 13.8. The highest BCUT2D eigenvalue weighted by Gasteiger charge is 1.87. The van der Waals surface area contributed by atoms with Gasteiger partial charge in [0.1, 0.15) is 0 Å². The Morgan fingerprint density at radius 3 is 1.25 bits per heavy atom. The van der Waals surface area contributed by atoms with Crippen LogP contribution in [0, 0.1) is 0 Å². The third kappa shape index (κ3) is 3.91. The van der Waals surface area contributed by atoms with E-state index in [-0.39, 0.29) is 11.0 Å². The zero-order valence-electron chi connectivity index (χ0n) is 8.41. The van der Waals surface area contributed by atoms with Crippen LogP contribution in [0.25, 0.3) is 0 Å². The van der Waals surface area contributed by atoms with Crippen molar-refractivity contribution in [2.75, 3.05) is 0 Å². The lowest BCUT2D eigenvalue weighted by Crippen LogP contribution is -1.68. The molecule has 2 aromatic heterocycles. The second kappa shape index (κ2) is 7.16. The van der Waals surface area contributed by atoms with Crippen LogP contribution in [0.2, 0.25) is 0 Å². The molecule has 0 aromatic carbocycles. The summed E-state index contributed by atoms with van der Waals surface area (Å²) in [5.74, 6) is 0. The van der Waals surface area contributed by atoms with Gasteiger partial charge < -0.3 is 11.0 Å². The minimum atomic E-state index is 0. The Kier molecular flexibility index (Phi) is 6.18. The zero-order chi connectivity index (χ0) is 9.64. The van der Waals surface area contributed by atoms with Gasteiger partial charge in [-0.3, -0.25) is 9.97 Å². The van der Waals surface area contributed by atoms with E-state index in [1.54, 1.807) is 49.1 Å². The lowest BCUT2D eigenvalue weighted by molar-refractivity contribution is 0.823. The number of hydrogen-bond acceptors (Lipinski definition) is 4.